The number of hydrogen-bond donors (Lipinski definition) is 2. The van der Waals surface area contributed by atoms with E-state index in [1.807, 2.05) is 0 Å². The van der Waals surface area contributed by atoms with Gasteiger partial charge in [-0.3, -0.25) is 4.79 Å². The minimum absolute atomic E-state index is 0.0447. The Labute approximate surface area is 134 Å². The second-order valence-corrected chi connectivity index (χ2v) is 6.08. The number of amides is 1. The Morgan fingerprint density at radius 2 is 1.90 bits per heavy atom. The quantitative estimate of drug-likeness (QED) is 0.674. The van der Waals surface area contributed by atoms with Gasteiger partial charge in [0, 0.05) is 8.04 Å². The van der Waals surface area contributed by atoms with Crippen molar-refractivity contribution in [2.75, 3.05) is 0 Å². The number of carbonyl (C=O) groups is 2. The van der Waals surface area contributed by atoms with Crippen LogP contribution >= 0.6 is 38.5 Å². The van der Waals surface area contributed by atoms with Gasteiger partial charge in [0.15, 0.2) is 0 Å². The van der Waals surface area contributed by atoms with Crippen LogP contribution in [0, 0.1) is 3.57 Å². The summed E-state index contributed by atoms with van der Waals surface area (Å²) < 4.78 is 39.3. The molecule has 2 N–H and O–H groups in total. The second-order valence-electron chi connectivity index (χ2n) is 4.01. The van der Waals surface area contributed by atoms with Gasteiger partial charge in [0.25, 0.3) is 5.91 Å². The molecule has 1 aromatic rings. The van der Waals surface area contributed by atoms with E-state index in [1.165, 1.54) is 17.4 Å². The van der Waals surface area contributed by atoms with E-state index in [-0.39, 0.29) is 5.56 Å². The molecule has 0 heterocycles. The van der Waals surface area contributed by atoms with E-state index in [0.29, 0.717) is 15.0 Å². The zero-order valence-electron chi connectivity index (χ0n) is 9.89. The van der Waals surface area contributed by atoms with Crippen LogP contribution in [0.3, 0.4) is 0 Å². The molecule has 9 heteroatoms. The average molecular weight is 466 g/mol. The fraction of sp³-hybridized carbons (Fsp3) is 0.273. The van der Waals surface area contributed by atoms with Crippen LogP contribution in [0.15, 0.2) is 22.7 Å². The Morgan fingerprint density at radius 3 is 2.35 bits per heavy atom. The highest BCUT2D eigenvalue weighted by molar-refractivity contribution is 14.1. The van der Waals surface area contributed by atoms with Crippen molar-refractivity contribution in [3.63, 3.8) is 0 Å². The predicted octanol–water partition coefficient (Wildman–Crippen LogP) is 3.19. The van der Waals surface area contributed by atoms with Crippen LogP contribution in [-0.4, -0.2) is 28.7 Å². The van der Waals surface area contributed by atoms with E-state index in [0.717, 1.165) is 0 Å². The molecule has 1 unspecified atom stereocenters. The summed E-state index contributed by atoms with van der Waals surface area (Å²) in [5.74, 6) is -3.29. The first-order valence-corrected chi connectivity index (χ1v) is 6.94. The molecule has 0 saturated heterocycles. The Morgan fingerprint density at radius 1 is 1.35 bits per heavy atom. The van der Waals surface area contributed by atoms with Crippen molar-refractivity contribution in [3.8, 4) is 0 Å². The van der Waals surface area contributed by atoms with Crippen LogP contribution in [0.25, 0.3) is 0 Å². The predicted molar refractivity (Wildman–Crippen MR) is 76.4 cm³/mol. The number of halogens is 5. The smallest absolute Gasteiger partial charge is 0.422 e. The lowest BCUT2D eigenvalue weighted by Gasteiger charge is -2.28. The molecule has 0 saturated carbocycles. The van der Waals surface area contributed by atoms with Crippen molar-refractivity contribution in [2.45, 2.75) is 18.6 Å². The zero-order valence-corrected chi connectivity index (χ0v) is 13.6. The first kappa shape index (κ1) is 17.2. The summed E-state index contributed by atoms with van der Waals surface area (Å²) in [7, 11) is 0. The molecule has 0 bridgehead atoms. The van der Waals surface area contributed by atoms with E-state index in [4.69, 9.17) is 5.11 Å². The third-order valence-corrected chi connectivity index (χ3v) is 3.97. The molecule has 1 aromatic carbocycles. The van der Waals surface area contributed by atoms with Crippen LogP contribution in [-0.2, 0) is 4.79 Å². The summed E-state index contributed by atoms with van der Waals surface area (Å²) in [6.45, 7) is 0.401. The first-order valence-electron chi connectivity index (χ1n) is 5.06. The molecule has 4 nitrogen and oxygen atoms in total. The minimum atomic E-state index is -5.12. The number of hydrogen-bond acceptors (Lipinski definition) is 2. The van der Waals surface area contributed by atoms with Gasteiger partial charge in [-0.1, -0.05) is 15.9 Å². The number of aliphatic carboxylic acids is 1. The van der Waals surface area contributed by atoms with Crippen LogP contribution in [0.5, 0.6) is 0 Å². The molecule has 0 aliphatic carbocycles. The molecule has 20 heavy (non-hydrogen) atoms. The summed E-state index contributed by atoms with van der Waals surface area (Å²) in [6, 6.07) is 4.44. The topological polar surface area (TPSA) is 66.4 Å². The first-order chi connectivity index (χ1) is 8.99. The summed E-state index contributed by atoms with van der Waals surface area (Å²) in [6.07, 6.45) is -5.12. The summed E-state index contributed by atoms with van der Waals surface area (Å²) >= 11 is 4.86. The molecule has 0 aromatic heterocycles. The van der Waals surface area contributed by atoms with Crippen molar-refractivity contribution < 1.29 is 27.9 Å². The Kier molecular flexibility index (Phi) is 5.06. The second kappa shape index (κ2) is 5.88. The van der Waals surface area contributed by atoms with Gasteiger partial charge in [0.2, 0.25) is 5.54 Å². The van der Waals surface area contributed by atoms with E-state index >= 15 is 0 Å². The molecule has 1 rings (SSSR count). The number of nitrogens with one attached hydrogen (secondary N) is 1. The summed E-state index contributed by atoms with van der Waals surface area (Å²) in [5, 5.41) is 10.3. The average Bonchev–Trinajstić information content (AvgIpc) is 2.30. The molecule has 1 amide bonds. The highest BCUT2D eigenvalue weighted by atomic mass is 127. The van der Waals surface area contributed by atoms with Crippen molar-refractivity contribution in [2.24, 2.45) is 0 Å². The van der Waals surface area contributed by atoms with Crippen molar-refractivity contribution in [1.82, 2.24) is 5.32 Å². The van der Waals surface area contributed by atoms with E-state index in [9.17, 15) is 22.8 Å². The highest BCUT2D eigenvalue weighted by Crippen LogP contribution is 2.31. The Bertz CT molecular complexity index is 564. The van der Waals surface area contributed by atoms with Gasteiger partial charge in [-0.15, -0.1) is 0 Å². The fourth-order valence-electron chi connectivity index (χ4n) is 1.21. The molecule has 0 spiro atoms. The Balaban J connectivity index is 3.16. The van der Waals surface area contributed by atoms with Gasteiger partial charge < -0.3 is 10.4 Å². The van der Waals surface area contributed by atoms with Crippen LogP contribution in [0.1, 0.15) is 17.3 Å². The lowest BCUT2D eigenvalue weighted by Crippen LogP contribution is -2.62. The maximum absolute atomic E-state index is 12.8. The maximum Gasteiger partial charge on any atom is 0.422 e. The van der Waals surface area contributed by atoms with Crippen molar-refractivity contribution in [3.05, 3.63) is 31.8 Å². The molecule has 0 fully saturated rings. The van der Waals surface area contributed by atoms with Crippen LogP contribution < -0.4 is 5.32 Å². The van der Waals surface area contributed by atoms with Crippen molar-refractivity contribution in [1.29, 1.82) is 0 Å². The molecular weight excluding hydrogens is 458 g/mol. The van der Waals surface area contributed by atoms with Crippen LogP contribution in [0.2, 0.25) is 0 Å². The van der Waals surface area contributed by atoms with Gasteiger partial charge >= 0.3 is 12.1 Å². The van der Waals surface area contributed by atoms with Gasteiger partial charge in [-0.2, -0.15) is 13.2 Å². The van der Waals surface area contributed by atoms with Crippen LogP contribution in [0.4, 0.5) is 13.2 Å². The van der Waals surface area contributed by atoms with Crippen molar-refractivity contribution >= 4 is 50.4 Å². The molecule has 0 aliphatic rings. The number of carbonyl (C=O) groups excluding carboxylic acids is 1. The molecule has 0 aliphatic heterocycles. The largest absolute Gasteiger partial charge is 0.479 e. The third-order valence-electron chi connectivity index (χ3n) is 2.53. The van der Waals surface area contributed by atoms with E-state index in [2.05, 4.69) is 15.9 Å². The fourth-order valence-corrected chi connectivity index (χ4v) is 2.15. The lowest BCUT2D eigenvalue weighted by atomic mass is 10.0. The monoisotopic (exact) mass is 465 g/mol. The number of rotatable bonds is 3. The standard InChI is InChI=1S/C11H8BrF3INO3/c1-10(9(19)20,11(13,14)15)17-8(18)6-4-5(12)2-3-7(6)16/h2-4H,1H3,(H,17,18)(H,19,20). The van der Waals surface area contributed by atoms with Gasteiger partial charge in [0.05, 0.1) is 5.56 Å². The number of benzene rings is 1. The number of carboxylic acid groups (broad SMARTS) is 1. The molecule has 110 valence electrons. The maximum atomic E-state index is 12.8. The summed E-state index contributed by atoms with van der Waals surface area (Å²) in [5.41, 5.74) is -3.40. The van der Waals surface area contributed by atoms with E-state index < -0.39 is 23.6 Å². The normalized spacial score (nSPS) is 14.5. The highest BCUT2D eigenvalue weighted by Gasteiger charge is 2.58. The molecular formula is C11H8BrF3INO3. The molecule has 1 atom stereocenters. The van der Waals surface area contributed by atoms with E-state index in [1.54, 1.807) is 28.7 Å². The van der Waals surface area contributed by atoms with Gasteiger partial charge in [-0.25, -0.2) is 4.79 Å². The number of alkyl halides is 3. The third kappa shape index (κ3) is 3.43. The zero-order chi connectivity index (χ0) is 15.7. The van der Waals surface area contributed by atoms with Gasteiger partial charge in [-0.05, 0) is 47.7 Å². The minimum Gasteiger partial charge on any atom is -0.479 e. The lowest BCUT2D eigenvalue weighted by molar-refractivity contribution is -0.203. The summed E-state index contributed by atoms with van der Waals surface area (Å²) in [4.78, 5) is 22.7. The Hall–Kier alpha value is -0.840. The number of carboxylic acids is 1. The molecule has 0 radical (unpaired) electrons. The SMILES string of the molecule is CC(NC(=O)c1cc(Br)ccc1I)(C(=O)O)C(F)(F)F. The van der Waals surface area contributed by atoms with Gasteiger partial charge in [0.1, 0.15) is 0 Å².